The number of nitrogens with zero attached hydrogens (tertiary/aromatic N) is 1. The summed E-state index contributed by atoms with van der Waals surface area (Å²) in [7, 11) is 0. The van der Waals surface area contributed by atoms with Crippen molar-refractivity contribution in [1.29, 1.82) is 0 Å². The summed E-state index contributed by atoms with van der Waals surface area (Å²) in [4.78, 5) is 2.73. The van der Waals surface area contributed by atoms with Gasteiger partial charge in [0, 0.05) is 18.1 Å². The average Bonchev–Trinajstić information content (AvgIpc) is 2.42. The van der Waals surface area contributed by atoms with E-state index in [0.717, 1.165) is 18.4 Å². The molecule has 0 aromatic heterocycles. The molecule has 1 saturated heterocycles. The Morgan fingerprint density at radius 3 is 2.39 bits per heavy atom. The lowest BCUT2D eigenvalue weighted by molar-refractivity contribution is 0.147. The van der Waals surface area contributed by atoms with Gasteiger partial charge in [0.25, 0.3) is 0 Å². The van der Waals surface area contributed by atoms with Crippen LogP contribution in [0.4, 0.5) is 0 Å². The minimum Gasteiger partial charge on any atom is -0.311 e. The van der Waals surface area contributed by atoms with Gasteiger partial charge in [-0.1, -0.05) is 20.8 Å². The van der Waals surface area contributed by atoms with E-state index in [0.29, 0.717) is 6.04 Å². The largest absolute Gasteiger partial charge is 0.311 e. The van der Waals surface area contributed by atoms with Crippen LogP contribution < -0.4 is 5.32 Å². The first-order valence-corrected chi connectivity index (χ1v) is 7.78. The summed E-state index contributed by atoms with van der Waals surface area (Å²) in [6, 6.07) is 0.689. The zero-order valence-electron chi connectivity index (χ0n) is 13.4. The van der Waals surface area contributed by atoms with Gasteiger partial charge in [-0.3, -0.25) is 4.90 Å². The van der Waals surface area contributed by atoms with Crippen LogP contribution in [0.15, 0.2) is 0 Å². The molecule has 1 heterocycles. The summed E-state index contributed by atoms with van der Waals surface area (Å²) in [5.74, 6) is 1.65. The highest BCUT2D eigenvalue weighted by Crippen LogP contribution is 2.21. The number of nitrogens with one attached hydrogen (secondary N) is 1. The standard InChI is InChI=1S/C16H34N2/c1-13(2)15(12-17-16(4,5)6)18-10-7-8-14(3)9-11-18/h13-15,17H,7-12H2,1-6H3. The second-order valence-electron chi connectivity index (χ2n) is 7.51. The lowest BCUT2D eigenvalue weighted by atomic mass is 10.00. The zero-order valence-corrected chi connectivity index (χ0v) is 13.4. The highest BCUT2D eigenvalue weighted by molar-refractivity contribution is 4.82. The topological polar surface area (TPSA) is 15.3 Å². The summed E-state index contributed by atoms with van der Waals surface area (Å²) in [6.07, 6.45) is 4.16. The molecule has 2 unspecified atom stereocenters. The van der Waals surface area contributed by atoms with Crippen LogP contribution >= 0.6 is 0 Å². The van der Waals surface area contributed by atoms with Crippen molar-refractivity contribution < 1.29 is 0 Å². The molecule has 1 N–H and O–H groups in total. The third-order valence-electron chi connectivity index (χ3n) is 4.13. The summed E-state index contributed by atoms with van der Waals surface area (Å²) in [5.41, 5.74) is 0.228. The van der Waals surface area contributed by atoms with Crippen LogP contribution in [0, 0.1) is 11.8 Å². The van der Waals surface area contributed by atoms with Crippen LogP contribution in [0.3, 0.4) is 0 Å². The molecule has 108 valence electrons. The molecule has 1 rings (SSSR count). The first-order valence-electron chi connectivity index (χ1n) is 7.78. The normalized spacial score (nSPS) is 25.2. The summed E-state index contributed by atoms with van der Waals surface area (Å²) < 4.78 is 0. The van der Waals surface area contributed by atoms with Gasteiger partial charge in [-0.2, -0.15) is 0 Å². The highest BCUT2D eigenvalue weighted by atomic mass is 15.2. The molecule has 2 heteroatoms. The molecule has 0 radical (unpaired) electrons. The van der Waals surface area contributed by atoms with Gasteiger partial charge in [-0.15, -0.1) is 0 Å². The van der Waals surface area contributed by atoms with E-state index in [1.807, 2.05) is 0 Å². The molecule has 2 nitrogen and oxygen atoms in total. The van der Waals surface area contributed by atoms with Gasteiger partial charge in [0.15, 0.2) is 0 Å². The number of rotatable bonds is 4. The minimum atomic E-state index is 0.228. The van der Waals surface area contributed by atoms with Crippen molar-refractivity contribution in [1.82, 2.24) is 10.2 Å². The van der Waals surface area contributed by atoms with Gasteiger partial charge < -0.3 is 5.32 Å². The van der Waals surface area contributed by atoms with Gasteiger partial charge in [0.1, 0.15) is 0 Å². The predicted molar refractivity (Wildman–Crippen MR) is 81.0 cm³/mol. The quantitative estimate of drug-likeness (QED) is 0.826. The van der Waals surface area contributed by atoms with Crippen molar-refractivity contribution in [2.75, 3.05) is 19.6 Å². The van der Waals surface area contributed by atoms with E-state index in [9.17, 15) is 0 Å². The summed E-state index contributed by atoms with van der Waals surface area (Å²) >= 11 is 0. The van der Waals surface area contributed by atoms with E-state index >= 15 is 0 Å². The van der Waals surface area contributed by atoms with Crippen LogP contribution in [0.2, 0.25) is 0 Å². The van der Waals surface area contributed by atoms with Crippen LogP contribution in [0.1, 0.15) is 60.8 Å². The van der Waals surface area contributed by atoms with Crippen molar-refractivity contribution in [3.8, 4) is 0 Å². The van der Waals surface area contributed by atoms with Gasteiger partial charge in [0.05, 0.1) is 0 Å². The van der Waals surface area contributed by atoms with Crippen LogP contribution in [-0.4, -0.2) is 36.1 Å². The Hall–Kier alpha value is -0.0800. The smallest absolute Gasteiger partial charge is 0.0243 e. The summed E-state index contributed by atoms with van der Waals surface area (Å²) in [6.45, 7) is 17.6. The van der Waals surface area contributed by atoms with E-state index in [2.05, 4.69) is 51.8 Å². The molecule has 0 aliphatic carbocycles. The Balaban J connectivity index is 2.55. The van der Waals surface area contributed by atoms with E-state index in [1.54, 1.807) is 0 Å². The van der Waals surface area contributed by atoms with Gasteiger partial charge >= 0.3 is 0 Å². The second-order valence-corrected chi connectivity index (χ2v) is 7.51. The van der Waals surface area contributed by atoms with Crippen molar-refractivity contribution in [2.45, 2.75) is 72.4 Å². The van der Waals surface area contributed by atoms with Crippen LogP contribution in [0.5, 0.6) is 0 Å². The van der Waals surface area contributed by atoms with E-state index in [1.165, 1.54) is 32.4 Å². The molecule has 0 aromatic rings. The molecule has 1 aliphatic heterocycles. The van der Waals surface area contributed by atoms with Crippen molar-refractivity contribution in [3.63, 3.8) is 0 Å². The fourth-order valence-corrected chi connectivity index (χ4v) is 2.81. The second kappa shape index (κ2) is 6.91. The molecule has 0 saturated carbocycles. The molecule has 1 aliphatic rings. The monoisotopic (exact) mass is 254 g/mol. The van der Waals surface area contributed by atoms with Crippen molar-refractivity contribution >= 4 is 0 Å². The average molecular weight is 254 g/mol. The third kappa shape index (κ3) is 5.71. The number of hydrogen-bond acceptors (Lipinski definition) is 2. The van der Waals surface area contributed by atoms with Gasteiger partial charge in [-0.05, 0) is 65.0 Å². The lowest BCUT2D eigenvalue weighted by Crippen LogP contribution is -2.50. The Morgan fingerprint density at radius 2 is 1.83 bits per heavy atom. The first kappa shape index (κ1) is 16.0. The fraction of sp³-hybridized carbons (Fsp3) is 1.00. The SMILES string of the molecule is CC1CCCN(C(CNC(C)(C)C)C(C)C)CC1. The van der Waals surface area contributed by atoms with Gasteiger partial charge in [0.2, 0.25) is 0 Å². The fourth-order valence-electron chi connectivity index (χ4n) is 2.81. The molecule has 18 heavy (non-hydrogen) atoms. The molecule has 0 amide bonds. The maximum absolute atomic E-state index is 3.69. The molecular weight excluding hydrogens is 220 g/mol. The Kier molecular flexibility index (Phi) is 6.13. The first-order chi connectivity index (χ1) is 8.29. The van der Waals surface area contributed by atoms with Gasteiger partial charge in [-0.25, -0.2) is 0 Å². The highest BCUT2D eigenvalue weighted by Gasteiger charge is 2.25. The molecular formula is C16H34N2. The van der Waals surface area contributed by atoms with E-state index < -0.39 is 0 Å². The lowest BCUT2D eigenvalue weighted by Gasteiger charge is -2.36. The predicted octanol–water partition coefficient (Wildman–Crippen LogP) is 3.52. The van der Waals surface area contributed by atoms with Crippen LogP contribution in [-0.2, 0) is 0 Å². The molecule has 0 aromatic carbocycles. The molecule has 0 spiro atoms. The Labute approximate surface area is 115 Å². The Morgan fingerprint density at radius 1 is 1.17 bits per heavy atom. The molecule has 2 atom stereocenters. The van der Waals surface area contributed by atoms with E-state index in [4.69, 9.17) is 0 Å². The molecule has 1 fully saturated rings. The summed E-state index contributed by atoms with van der Waals surface area (Å²) in [5, 5.41) is 3.69. The Bertz CT molecular complexity index is 230. The maximum atomic E-state index is 3.69. The minimum absolute atomic E-state index is 0.228. The third-order valence-corrected chi connectivity index (χ3v) is 4.13. The number of hydrogen-bond donors (Lipinski definition) is 1. The van der Waals surface area contributed by atoms with Crippen LogP contribution in [0.25, 0.3) is 0 Å². The molecule has 0 bridgehead atoms. The maximum Gasteiger partial charge on any atom is 0.0243 e. The zero-order chi connectivity index (χ0) is 13.8. The van der Waals surface area contributed by atoms with E-state index in [-0.39, 0.29) is 5.54 Å². The van der Waals surface area contributed by atoms with Crippen molar-refractivity contribution in [2.24, 2.45) is 11.8 Å². The van der Waals surface area contributed by atoms with Crippen molar-refractivity contribution in [3.05, 3.63) is 0 Å². The number of likely N-dealkylation sites (tertiary alicyclic amines) is 1.